The fourth-order valence-corrected chi connectivity index (χ4v) is 1.75. The summed E-state index contributed by atoms with van der Waals surface area (Å²) >= 11 is 0. The molecule has 1 rings (SSSR count). The Morgan fingerprint density at radius 1 is 1.33 bits per heavy atom. The van der Waals surface area contributed by atoms with Gasteiger partial charge < -0.3 is 4.74 Å². The SMILES string of the molecule is CC(=NCCc1ccccc1)C(C#N)C(=O)OCC(C)C. The van der Waals surface area contributed by atoms with E-state index in [9.17, 15) is 4.79 Å². The van der Waals surface area contributed by atoms with Crippen LogP contribution in [0.15, 0.2) is 35.3 Å². The molecule has 0 aliphatic carbocycles. The molecule has 0 fully saturated rings. The number of ether oxygens (including phenoxy) is 1. The van der Waals surface area contributed by atoms with Crippen LogP contribution in [0.5, 0.6) is 0 Å². The molecule has 0 bridgehead atoms. The van der Waals surface area contributed by atoms with Crippen LogP contribution >= 0.6 is 0 Å². The number of nitrogens with zero attached hydrogens (tertiary/aromatic N) is 2. The second-order valence-corrected chi connectivity index (χ2v) is 5.34. The lowest BCUT2D eigenvalue weighted by Gasteiger charge is -2.11. The minimum Gasteiger partial charge on any atom is -0.464 e. The Kier molecular flexibility index (Phi) is 7.17. The highest BCUT2D eigenvalue weighted by Gasteiger charge is 2.22. The van der Waals surface area contributed by atoms with Crippen molar-refractivity contribution in [1.82, 2.24) is 0 Å². The van der Waals surface area contributed by atoms with E-state index in [0.717, 1.165) is 6.42 Å². The van der Waals surface area contributed by atoms with Crippen molar-refractivity contribution in [3.8, 4) is 6.07 Å². The van der Waals surface area contributed by atoms with Crippen molar-refractivity contribution in [3.63, 3.8) is 0 Å². The molecule has 0 aromatic heterocycles. The molecule has 0 amide bonds. The molecule has 0 radical (unpaired) electrons. The molecule has 0 spiro atoms. The highest BCUT2D eigenvalue weighted by molar-refractivity contribution is 6.03. The van der Waals surface area contributed by atoms with Crippen LogP contribution in [0.4, 0.5) is 0 Å². The van der Waals surface area contributed by atoms with Crippen LogP contribution in [0.2, 0.25) is 0 Å². The molecule has 0 saturated carbocycles. The fraction of sp³-hybridized carbons (Fsp3) is 0.471. The van der Waals surface area contributed by atoms with Crippen molar-refractivity contribution in [2.24, 2.45) is 16.8 Å². The second-order valence-electron chi connectivity index (χ2n) is 5.34. The Bertz CT molecular complexity index is 515. The standard InChI is InChI=1S/C17H22N2O2/c1-13(2)12-21-17(20)16(11-18)14(3)19-10-9-15-7-5-4-6-8-15/h4-8,13,16H,9-10,12H2,1-3H3. The molecule has 4 nitrogen and oxygen atoms in total. The van der Waals surface area contributed by atoms with Gasteiger partial charge in [-0.2, -0.15) is 5.26 Å². The largest absolute Gasteiger partial charge is 0.464 e. The minimum absolute atomic E-state index is 0.253. The van der Waals surface area contributed by atoms with E-state index in [0.29, 0.717) is 18.9 Å². The third kappa shape index (κ3) is 6.22. The smallest absolute Gasteiger partial charge is 0.329 e. The number of benzene rings is 1. The van der Waals surface area contributed by atoms with Gasteiger partial charge in [-0.05, 0) is 24.8 Å². The zero-order valence-electron chi connectivity index (χ0n) is 12.9. The van der Waals surface area contributed by atoms with Crippen LogP contribution in [-0.4, -0.2) is 24.8 Å². The lowest BCUT2D eigenvalue weighted by molar-refractivity contribution is -0.145. The number of nitriles is 1. The Hall–Kier alpha value is -2.15. The third-order valence-corrected chi connectivity index (χ3v) is 2.95. The topological polar surface area (TPSA) is 62.5 Å². The average Bonchev–Trinajstić information content (AvgIpc) is 2.47. The maximum Gasteiger partial charge on any atom is 0.329 e. The molecule has 112 valence electrons. The van der Waals surface area contributed by atoms with Gasteiger partial charge in [-0.1, -0.05) is 44.2 Å². The molecule has 1 atom stereocenters. The Morgan fingerprint density at radius 2 is 2.00 bits per heavy atom. The van der Waals surface area contributed by atoms with E-state index in [4.69, 9.17) is 10.00 Å². The van der Waals surface area contributed by atoms with Gasteiger partial charge in [0, 0.05) is 12.3 Å². The lowest BCUT2D eigenvalue weighted by atomic mass is 10.1. The normalized spacial score (nSPS) is 12.8. The summed E-state index contributed by atoms with van der Waals surface area (Å²) in [5.41, 5.74) is 1.70. The molecular formula is C17H22N2O2. The Balaban J connectivity index is 2.53. The molecule has 1 aromatic carbocycles. The molecule has 0 saturated heterocycles. The maximum atomic E-state index is 11.8. The monoisotopic (exact) mass is 286 g/mol. The van der Waals surface area contributed by atoms with Crippen molar-refractivity contribution in [2.75, 3.05) is 13.2 Å². The Morgan fingerprint density at radius 3 is 2.57 bits per heavy atom. The fourth-order valence-electron chi connectivity index (χ4n) is 1.75. The molecule has 21 heavy (non-hydrogen) atoms. The first-order valence-electron chi connectivity index (χ1n) is 7.15. The van der Waals surface area contributed by atoms with E-state index in [2.05, 4.69) is 4.99 Å². The average molecular weight is 286 g/mol. The Labute approximate surface area is 126 Å². The zero-order chi connectivity index (χ0) is 15.7. The van der Waals surface area contributed by atoms with Crippen molar-refractivity contribution in [3.05, 3.63) is 35.9 Å². The summed E-state index contributed by atoms with van der Waals surface area (Å²) in [5, 5.41) is 9.12. The molecule has 4 heteroatoms. The van der Waals surface area contributed by atoms with Crippen LogP contribution in [0.1, 0.15) is 26.3 Å². The summed E-state index contributed by atoms with van der Waals surface area (Å²) < 4.78 is 5.10. The van der Waals surface area contributed by atoms with Crippen molar-refractivity contribution < 1.29 is 9.53 Å². The lowest BCUT2D eigenvalue weighted by Crippen LogP contribution is -2.24. The number of carbonyl (C=O) groups excluding carboxylic acids is 1. The van der Waals surface area contributed by atoms with Crippen molar-refractivity contribution in [2.45, 2.75) is 27.2 Å². The van der Waals surface area contributed by atoms with E-state index in [1.165, 1.54) is 5.56 Å². The number of aliphatic imine (C=N–C) groups is 1. The number of hydrogen-bond donors (Lipinski definition) is 0. The first-order chi connectivity index (χ1) is 10.0. The molecule has 1 aromatic rings. The summed E-state index contributed by atoms with van der Waals surface area (Å²) in [4.78, 5) is 16.2. The van der Waals surface area contributed by atoms with Crippen molar-refractivity contribution in [1.29, 1.82) is 5.26 Å². The van der Waals surface area contributed by atoms with E-state index in [-0.39, 0.29) is 5.92 Å². The third-order valence-electron chi connectivity index (χ3n) is 2.95. The van der Waals surface area contributed by atoms with Gasteiger partial charge in [-0.3, -0.25) is 9.79 Å². The van der Waals surface area contributed by atoms with Crippen LogP contribution in [0.25, 0.3) is 0 Å². The summed E-state index contributed by atoms with van der Waals surface area (Å²) in [6.07, 6.45) is 0.789. The van der Waals surface area contributed by atoms with Gasteiger partial charge in [0.15, 0.2) is 5.92 Å². The number of rotatable bonds is 7. The highest BCUT2D eigenvalue weighted by atomic mass is 16.5. The number of esters is 1. The molecule has 1 unspecified atom stereocenters. The summed E-state index contributed by atoms with van der Waals surface area (Å²) in [6, 6.07) is 12.0. The second kappa shape index (κ2) is 8.91. The van der Waals surface area contributed by atoms with Crippen LogP contribution in [0, 0.1) is 23.2 Å². The van der Waals surface area contributed by atoms with Crippen LogP contribution in [-0.2, 0) is 16.0 Å². The first kappa shape index (κ1) is 16.9. The maximum absolute atomic E-state index is 11.8. The van der Waals surface area contributed by atoms with Gasteiger partial charge in [0.2, 0.25) is 0 Å². The van der Waals surface area contributed by atoms with Gasteiger partial charge in [-0.25, -0.2) is 0 Å². The van der Waals surface area contributed by atoms with Gasteiger partial charge in [-0.15, -0.1) is 0 Å². The molecule has 0 aliphatic heterocycles. The van der Waals surface area contributed by atoms with E-state index < -0.39 is 11.9 Å². The quantitative estimate of drug-likeness (QED) is 0.571. The number of carbonyl (C=O) groups is 1. The summed E-state index contributed by atoms with van der Waals surface area (Å²) in [6.45, 7) is 6.50. The van der Waals surface area contributed by atoms with Gasteiger partial charge in [0.05, 0.1) is 12.7 Å². The van der Waals surface area contributed by atoms with Gasteiger partial charge in [0.1, 0.15) is 0 Å². The zero-order valence-corrected chi connectivity index (χ0v) is 12.9. The predicted molar refractivity (Wildman–Crippen MR) is 83.0 cm³/mol. The molecule has 0 heterocycles. The summed E-state index contributed by atoms with van der Waals surface area (Å²) in [7, 11) is 0. The number of hydrogen-bond acceptors (Lipinski definition) is 4. The predicted octanol–water partition coefficient (Wildman–Crippen LogP) is 3.03. The van der Waals surface area contributed by atoms with E-state index in [1.54, 1.807) is 6.92 Å². The molecular weight excluding hydrogens is 264 g/mol. The van der Waals surface area contributed by atoms with Crippen LogP contribution < -0.4 is 0 Å². The first-order valence-corrected chi connectivity index (χ1v) is 7.15. The molecule has 0 N–H and O–H groups in total. The molecule has 0 aliphatic rings. The van der Waals surface area contributed by atoms with Gasteiger partial charge >= 0.3 is 5.97 Å². The summed E-state index contributed by atoms with van der Waals surface area (Å²) in [5.74, 6) is -1.16. The van der Waals surface area contributed by atoms with E-state index >= 15 is 0 Å². The van der Waals surface area contributed by atoms with E-state index in [1.807, 2.05) is 50.2 Å². The van der Waals surface area contributed by atoms with Crippen LogP contribution in [0.3, 0.4) is 0 Å². The van der Waals surface area contributed by atoms with Gasteiger partial charge in [0.25, 0.3) is 0 Å². The van der Waals surface area contributed by atoms with Crippen molar-refractivity contribution >= 4 is 11.7 Å². The minimum atomic E-state index is -0.903. The highest BCUT2D eigenvalue weighted by Crippen LogP contribution is 2.06.